The smallest absolute Gasteiger partial charge is 0.412 e. The van der Waals surface area contributed by atoms with Crippen LogP contribution in [-0.2, 0) is 11.3 Å². The molecule has 0 unspecified atom stereocenters. The predicted octanol–water partition coefficient (Wildman–Crippen LogP) is 3.93. The zero-order valence-electron chi connectivity index (χ0n) is 11.2. The molecule has 0 aliphatic carbocycles. The van der Waals surface area contributed by atoms with Crippen molar-refractivity contribution in [3.05, 3.63) is 64.4 Å². The summed E-state index contributed by atoms with van der Waals surface area (Å²) >= 11 is 5.61. The first-order valence-electron chi connectivity index (χ1n) is 6.17. The molecule has 0 radical (unpaired) electrons. The number of carboxylic acid groups (broad SMARTS) is 1. The van der Waals surface area contributed by atoms with Gasteiger partial charge in [0.15, 0.2) is 0 Å². The zero-order valence-corrected chi connectivity index (χ0v) is 11.9. The monoisotopic (exact) mass is 323 g/mol. The molecule has 0 fully saturated rings. The fraction of sp³-hybridized carbons (Fsp3) is 0.0667. The number of anilines is 1. The van der Waals surface area contributed by atoms with Crippen molar-refractivity contribution in [1.82, 2.24) is 0 Å². The normalized spacial score (nSPS) is 10.1. The standard InChI is InChI=1S/C15H11ClFNO4/c16-11-7-12(17)13(6-10(11)14(19)20)18-15(21)22-8-9-4-2-1-3-5-9/h1-7H,8H2,(H,18,21)(H,19,20). The topological polar surface area (TPSA) is 75.6 Å². The third-order valence-electron chi connectivity index (χ3n) is 2.74. The average molecular weight is 324 g/mol. The van der Waals surface area contributed by atoms with E-state index in [1.807, 2.05) is 6.07 Å². The number of hydrogen-bond donors (Lipinski definition) is 2. The molecular weight excluding hydrogens is 313 g/mol. The highest BCUT2D eigenvalue weighted by Gasteiger charge is 2.16. The van der Waals surface area contributed by atoms with Crippen LogP contribution < -0.4 is 5.32 Å². The number of benzene rings is 2. The van der Waals surface area contributed by atoms with E-state index in [0.717, 1.165) is 17.7 Å². The molecule has 7 heteroatoms. The van der Waals surface area contributed by atoms with Gasteiger partial charge in [0.25, 0.3) is 0 Å². The molecule has 22 heavy (non-hydrogen) atoms. The van der Waals surface area contributed by atoms with Gasteiger partial charge in [-0.05, 0) is 17.7 Å². The van der Waals surface area contributed by atoms with Gasteiger partial charge in [0.05, 0.1) is 16.3 Å². The molecule has 0 saturated carbocycles. The highest BCUT2D eigenvalue weighted by molar-refractivity contribution is 6.33. The summed E-state index contributed by atoms with van der Waals surface area (Å²) in [6.45, 7) is 0.00761. The van der Waals surface area contributed by atoms with Gasteiger partial charge in [0.1, 0.15) is 12.4 Å². The van der Waals surface area contributed by atoms with Crippen molar-refractivity contribution in [2.45, 2.75) is 6.61 Å². The molecule has 2 aromatic carbocycles. The van der Waals surface area contributed by atoms with Crippen molar-refractivity contribution in [3.8, 4) is 0 Å². The molecule has 0 saturated heterocycles. The molecule has 0 aromatic heterocycles. The first-order valence-corrected chi connectivity index (χ1v) is 6.55. The Morgan fingerprint density at radius 2 is 1.91 bits per heavy atom. The maximum atomic E-state index is 13.7. The van der Waals surface area contributed by atoms with Gasteiger partial charge in [-0.15, -0.1) is 0 Å². The Kier molecular flexibility index (Phi) is 4.95. The van der Waals surface area contributed by atoms with E-state index in [0.29, 0.717) is 0 Å². The Hall–Kier alpha value is -2.60. The van der Waals surface area contributed by atoms with E-state index < -0.39 is 17.9 Å². The summed E-state index contributed by atoms with van der Waals surface area (Å²) in [5, 5.41) is 10.8. The Morgan fingerprint density at radius 3 is 2.55 bits per heavy atom. The van der Waals surface area contributed by atoms with E-state index in [9.17, 15) is 14.0 Å². The van der Waals surface area contributed by atoms with E-state index in [2.05, 4.69) is 5.32 Å². The number of rotatable bonds is 4. The second-order valence-electron chi connectivity index (χ2n) is 4.30. The predicted molar refractivity (Wildman–Crippen MR) is 78.6 cm³/mol. The van der Waals surface area contributed by atoms with Gasteiger partial charge < -0.3 is 9.84 Å². The summed E-state index contributed by atoms with van der Waals surface area (Å²) in [6.07, 6.45) is -0.901. The quantitative estimate of drug-likeness (QED) is 0.894. The molecule has 2 aromatic rings. The van der Waals surface area contributed by atoms with Crippen molar-refractivity contribution in [3.63, 3.8) is 0 Å². The number of aromatic carboxylic acids is 1. The number of carbonyl (C=O) groups excluding carboxylic acids is 1. The minimum atomic E-state index is -1.33. The van der Waals surface area contributed by atoms with E-state index in [-0.39, 0.29) is 22.9 Å². The van der Waals surface area contributed by atoms with Gasteiger partial charge in [0, 0.05) is 0 Å². The maximum Gasteiger partial charge on any atom is 0.412 e. The van der Waals surface area contributed by atoms with Crippen LogP contribution in [0, 0.1) is 5.82 Å². The van der Waals surface area contributed by atoms with Crippen LogP contribution in [0.25, 0.3) is 0 Å². The summed E-state index contributed by atoms with van der Waals surface area (Å²) in [5.74, 6) is -2.18. The minimum Gasteiger partial charge on any atom is -0.478 e. The summed E-state index contributed by atoms with van der Waals surface area (Å²) < 4.78 is 18.6. The molecule has 2 rings (SSSR count). The molecule has 114 valence electrons. The van der Waals surface area contributed by atoms with Gasteiger partial charge in [-0.25, -0.2) is 14.0 Å². The molecule has 0 spiro atoms. The summed E-state index contributed by atoms with van der Waals surface area (Å²) in [5.41, 5.74) is 0.127. The Morgan fingerprint density at radius 1 is 1.23 bits per heavy atom. The number of amides is 1. The summed E-state index contributed by atoms with van der Waals surface area (Å²) in [4.78, 5) is 22.6. The zero-order chi connectivity index (χ0) is 16.1. The number of halogens is 2. The third kappa shape index (κ3) is 3.95. The van der Waals surface area contributed by atoms with E-state index in [1.165, 1.54) is 0 Å². The molecular formula is C15H11ClFNO4. The minimum absolute atomic E-state index is 0.00761. The molecule has 0 aliphatic rings. The lowest BCUT2D eigenvalue weighted by atomic mass is 10.2. The van der Waals surface area contributed by atoms with E-state index in [1.54, 1.807) is 24.3 Å². The van der Waals surface area contributed by atoms with Gasteiger partial charge in [-0.1, -0.05) is 41.9 Å². The molecule has 0 aliphatic heterocycles. The van der Waals surface area contributed by atoms with E-state index in [4.69, 9.17) is 21.4 Å². The Balaban J connectivity index is 2.05. The molecule has 0 atom stereocenters. The maximum absolute atomic E-state index is 13.7. The lowest BCUT2D eigenvalue weighted by molar-refractivity contribution is 0.0697. The van der Waals surface area contributed by atoms with Crippen LogP contribution in [0.4, 0.5) is 14.9 Å². The Bertz CT molecular complexity index is 706. The van der Waals surface area contributed by atoms with Crippen LogP contribution in [0.1, 0.15) is 15.9 Å². The summed E-state index contributed by atoms with van der Waals surface area (Å²) in [6, 6.07) is 10.7. The average Bonchev–Trinajstić information content (AvgIpc) is 2.48. The summed E-state index contributed by atoms with van der Waals surface area (Å²) in [7, 11) is 0. The Labute approximate surface area is 130 Å². The van der Waals surface area contributed by atoms with Gasteiger partial charge in [-0.2, -0.15) is 0 Å². The van der Waals surface area contributed by atoms with Crippen LogP contribution in [0.15, 0.2) is 42.5 Å². The third-order valence-corrected chi connectivity index (χ3v) is 3.05. The largest absolute Gasteiger partial charge is 0.478 e. The van der Waals surface area contributed by atoms with Gasteiger partial charge in [-0.3, -0.25) is 5.32 Å². The number of nitrogens with one attached hydrogen (secondary N) is 1. The van der Waals surface area contributed by atoms with E-state index >= 15 is 0 Å². The van der Waals surface area contributed by atoms with Gasteiger partial charge in [0.2, 0.25) is 0 Å². The van der Waals surface area contributed by atoms with Crippen LogP contribution in [0.2, 0.25) is 5.02 Å². The SMILES string of the molecule is O=C(Nc1cc(C(=O)O)c(Cl)cc1F)OCc1ccccc1. The molecule has 2 N–H and O–H groups in total. The molecule has 0 bridgehead atoms. The fourth-order valence-electron chi connectivity index (χ4n) is 1.68. The van der Waals surface area contributed by atoms with Gasteiger partial charge >= 0.3 is 12.1 Å². The van der Waals surface area contributed by atoms with Crippen molar-refractivity contribution in [2.75, 3.05) is 5.32 Å². The van der Waals surface area contributed by atoms with Crippen molar-refractivity contribution < 1.29 is 23.8 Å². The lowest BCUT2D eigenvalue weighted by Crippen LogP contribution is -2.15. The molecule has 5 nitrogen and oxygen atoms in total. The lowest BCUT2D eigenvalue weighted by Gasteiger charge is -2.09. The first-order chi connectivity index (χ1) is 10.5. The number of carboxylic acids is 1. The highest BCUT2D eigenvalue weighted by Crippen LogP contribution is 2.24. The second kappa shape index (κ2) is 6.91. The first kappa shape index (κ1) is 15.8. The fourth-order valence-corrected chi connectivity index (χ4v) is 1.91. The highest BCUT2D eigenvalue weighted by atomic mass is 35.5. The number of hydrogen-bond acceptors (Lipinski definition) is 3. The van der Waals surface area contributed by atoms with Crippen LogP contribution >= 0.6 is 11.6 Å². The molecule has 1 amide bonds. The molecule has 0 heterocycles. The second-order valence-corrected chi connectivity index (χ2v) is 4.71. The van der Waals surface area contributed by atoms with Crippen molar-refractivity contribution >= 4 is 29.4 Å². The van der Waals surface area contributed by atoms with Crippen molar-refractivity contribution in [2.24, 2.45) is 0 Å². The number of carbonyl (C=O) groups is 2. The number of ether oxygens (including phenoxy) is 1. The van der Waals surface area contributed by atoms with Crippen LogP contribution in [-0.4, -0.2) is 17.2 Å². The van der Waals surface area contributed by atoms with Crippen molar-refractivity contribution in [1.29, 1.82) is 0 Å². The van der Waals surface area contributed by atoms with Crippen LogP contribution in [0.5, 0.6) is 0 Å². The van der Waals surface area contributed by atoms with Crippen LogP contribution in [0.3, 0.4) is 0 Å².